The first-order chi connectivity index (χ1) is 8.91. The van der Waals surface area contributed by atoms with Crippen LogP contribution < -0.4 is 16.4 Å². The largest absolute Gasteiger partial charge is 0.349 e. The summed E-state index contributed by atoms with van der Waals surface area (Å²) < 4.78 is 1.67. The number of halogens is 1. The summed E-state index contributed by atoms with van der Waals surface area (Å²) in [4.78, 5) is 23.1. The summed E-state index contributed by atoms with van der Waals surface area (Å²) in [6.07, 6.45) is 1.66. The van der Waals surface area contributed by atoms with Gasteiger partial charge in [0.15, 0.2) is 0 Å². The van der Waals surface area contributed by atoms with Crippen LogP contribution in [0.4, 0.5) is 0 Å². The Morgan fingerprint density at radius 1 is 1.40 bits per heavy atom. The van der Waals surface area contributed by atoms with Gasteiger partial charge in [-0.25, -0.2) is 0 Å². The fourth-order valence-corrected chi connectivity index (χ4v) is 1.41. The standard InChI is InChI=1S/C12H21N5O2.ClH/c1-8(2)11(13)12(19)15-7-10(18)14-6-9-4-5-16-17(9)3;/h4-5,8,11H,6-7,13H2,1-3H3,(H,14,18)(H,15,19);1H/t11-;/m0./s1. The predicted octanol–water partition coefficient (Wildman–Crippen LogP) is -0.442. The van der Waals surface area contributed by atoms with Gasteiger partial charge in [0.05, 0.1) is 24.8 Å². The molecule has 1 heterocycles. The summed E-state index contributed by atoms with van der Waals surface area (Å²) in [5, 5.41) is 9.19. The van der Waals surface area contributed by atoms with Crippen molar-refractivity contribution in [3.63, 3.8) is 0 Å². The highest BCUT2D eigenvalue weighted by Crippen LogP contribution is 1.97. The topological polar surface area (TPSA) is 102 Å². The maximum atomic E-state index is 11.6. The van der Waals surface area contributed by atoms with Crippen LogP contribution in [0, 0.1) is 5.92 Å². The maximum absolute atomic E-state index is 11.6. The highest BCUT2D eigenvalue weighted by atomic mass is 35.5. The third-order valence-electron chi connectivity index (χ3n) is 2.83. The van der Waals surface area contributed by atoms with E-state index in [0.717, 1.165) is 5.69 Å². The first kappa shape index (κ1) is 18.4. The second-order valence-electron chi connectivity index (χ2n) is 4.71. The third kappa shape index (κ3) is 5.58. The van der Waals surface area contributed by atoms with Crippen molar-refractivity contribution in [2.45, 2.75) is 26.4 Å². The number of nitrogens with zero attached hydrogens (tertiary/aromatic N) is 2. The SMILES string of the molecule is CC(C)[C@H](N)C(=O)NCC(=O)NCc1ccnn1C.Cl. The fraction of sp³-hybridized carbons (Fsp3) is 0.583. The van der Waals surface area contributed by atoms with E-state index in [1.54, 1.807) is 17.9 Å². The molecular formula is C12H22ClN5O2. The molecule has 8 heteroatoms. The first-order valence-electron chi connectivity index (χ1n) is 6.18. The Morgan fingerprint density at radius 2 is 2.05 bits per heavy atom. The summed E-state index contributed by atoms with van der Waals surface area (Å²) in [6.45, 7) is 4.01. The minimum atomic E-state index is -0.593. The van der Waals surface area contributed by atoms with Crippen LogP contribution in [0.25, 0.3) is 0 Å². The van der Waals surface area contributed by atoms with E-state index in [0.29, 0.717) is 6.54 Å². The van der Waals surface area contributed by atoms with Gasteiger partial charge in [-0.1, -0.05) is 13.8 Å². The number of rotatable bonds is 6. The van der Waals surface area contributed by atoms with Gasteiger partial charge < -0.3 is 16.4 Å². The number of amides is 2. The zero-order valence-corrected chi connectivity index (χ0v) is 12.7. The molecule has 0 fully saturated rings. The van der Waals surface area contributed by atoms with Crippen molar-refractivity contribution in [2.24, 2.45) is 18.7 Å². The Morgan fingerprint density at radius 3 is 2.55 bits per heavy atom. The van der Waals surface area contributed by atoms with E-state index in [9.17, 15) is 9.59 Å². The average Bonchev–Trinajstić information content (AvgIpc) is 2.77. The molecular weight excluding hydrogens is 282 g/mol. The van der Waals surface area contributed by atoms with Crippen LogP contribution in [-0.4, -0.2) is 34.2 Å². The van der Waals surface area contributed by atoms with Gasteiger partial charge in [0.25, 0.3) is 0 Å². The van der Waals surface area contributed by atoms with Gasteiger partial charge in [0.1, 0.15) is 0 Å². The third-order valence-corrected chi connectivity index (χ3v) is 2.83. The number of aromatic nitrogens is 2. The molecule has 0 aliphatic heterocycles. The summed E-state index contributed by atoms with van der Waals surface area (Å²) in [5.41, 5.74) is 6.55. The Balaban J connectivity index is 0.00000361. The highest BCUT2D eigenvalue weighted by Gasteiger charge is 2.17. The molecule has 0 aliphatic rings. The van der Waals surface area contributed by atoms with Gasteiger partial charge in [-0.05, 0) is 12.0 Å². The van der Waals surface area contributed by atoms with Crippen LogP contribution in [-0.2, 0) is 23.2 Å². The molecule has 0 radical (unpaired) electrons. The summed E-state index contributed by atoms with van der Waals surface area (Å²) in [7, 11) is 1.80. The minimum Gasteiger partial charge on any atom is -0.349 e. The number of carbonyl (C=O) groups excluding carboxylic acids is 2. The molecule has 1 atom stereocenters. The zero-order valence-electron chi connectivity index (χ0n) is 11.9. The van der Waals surface area contributed by atoms with E-state index in [2.05, 4.69) is 15.7 Å². The van der Waals surface area contributed by atoms with Crippen LogP contribution in [0.2, 0.25) is 0 Å². The molecule has 0 aliphatic carbocycles. The van der Waals surface area contributed by atoms with Gasteiger partial charge >= 0.3 is 0 Å². The number of carbonyl (C=O) groups is 2. The van der Waals surface area contributed by atoms with Crippen LogP contribution in [0.3, 0.4) is 0 Å². The van der Waals surface area contributed by atoms with E-state index in [4.69, 9.17) is 5.73 Å². The second kappa shape index (κ2) is 8.55. The van der Waals surface area contributed by atoms with E-state index < -0.39 is 6.04 Å². The first-order valence-corrected chi connectivity index (χ1v) is 6.18. The smallest absolute Gasteiger partial charge is 0.239 e. The molecule has 1 rings (SSSR count). The van der Waals surface area contributed by atoms with E-state index >= 15 is 0 Å². The highest BCUT2D eigenvalue weighted by molar-refractivity contribution is 5.87. The molecule has 0 saturated heterocycles. The lowest BCUT2D eigenvalue weighted by Gasteiger charge is -2.15. The van der Waals surface area contributed by atoms with Crippen molar-refractivity contribution in [2.75, 3.05) is 6.54 Å². The quantitative estimate of drug-likeness (QED) is 0.663. The van der Waals surface area contributed by atoms with Crippen molar-refractivity contribution >= 4 is 24.2 Å². The Kier molecular flexibility index (Phi) is 7.86. The molecule has 4 N–H and O–H groups in total. The van der Waals surface area contributed by atoms with Crippen molar-refractivity contribution in [3.05, 3.63) is 18.0 Å². The fourth-order valence-electron chi connectivity index (χ4n) is 1.41. The van der Waals surface area contributed by atoms with Crippen molar-refractivity contribution in [1.29, 1.82) is 0 Å². The molecule has 0 bridgehead atoms. The van der Waals surface area contributed by atoms with Crippen LogP contribution in [0.1, 0.15) is 19.5 Å². The monoisotopic (exact) mass is 303 g/mol. The lowest BCUT2D eigenvalue weighted by atomic mass is 10.1. The van der Waals surface area contributed by atoms with Crippen LogP contribution in [0.5, 0.6) is 0 Å². The number of aryl methyl sites for hydroxylation is 1. The van der Waals surface area contributed by atoms with E-state index in [1.165, 1.54) is 0 Å². The molecule has 20 heavy (non-hydrogen) atoms. The van der Waals surface area contributed by atoms with Gasteiger partial charge in [0, 0.05) is 13.2 Å². The average molecular weight is 304 g/mol. The van der Waals surface area contributed by atoms with Gasteiger partial charge in [-0.3, -0.25) is 14.3 Å². The van der Waals surface area contributed by atoms with Gasteiger partial charge in [0.2, 0.25) is 11.8 Å². The molecule has 0 aromatic carbocycles. The van der Waals surface area contributed by atoms with Crippen molar-refractivity contribution in [1.82, 2.24) is 20.4 Å². The lowest BCUT2D eigenvalue weighted by Crippen LogP contribution is -2.47. The molecule has 0 saturated carbocycles. The van der Waals surface area contributed by atoms with E-state index in [1.807, 2.05) is 19.9 Å². The molecule has 7 nitrogen and oxygen atoms in total. The zero-order chi connectivity index (χ0) is 14.4. The summed E-state index contributed by atoms with van der Waals surface area (Å²) in [6, 6.07) is 1.22. The summed E-state index contributed by atoms with van der Waals surface area (Å²) >= 11 is 0. The molecule has 114 valence electrons. The number of hydrogen-bond donors (Lipinski definition) is 3. The van der Waals surface area contributed by atoms with Crippen molar-refractivity contribution < 1.29 is 9.59 Å². The van der Waals surface area contributed by atoms with Gasteiger partial charge in [-0.2, -0.15) is 5.10 Å². The normalized spacial score (nSPS) is 11.7. The van der Waals surface area contributed by atoms with Crippen molar-refractivity contribution in [3.8, 4) is 0 Å². The molecule has 1 aromatic rings. The second-order valence-corrected chi connectivity index (χ2v) is 4.71. The Labute approximate surface area is 124 Å². The van der Waals surface area contributed by atoms with Crippen LogP contribution >= 0.6 is 12.4 Å². The Bertz CT molecular complexity index is 447. The molecule has 0 spiro atoms. The molecule has 2 amide bonds. The molecule has 0 unspecified atom stereocenters. The Hall–Kier alpha value is -1.60. The number of nitrogens with one attached hydrogen (secondary N) is 2. The number of hydrogen-bond acceptors (Lipinski definition) is 4. The predicted molar refractivity (Wildman–Crippen MR) is 78.1 cm³/mol. The number of nitrogens with two attached hydrogens (primary N) is 1. The molecule has 1 aromatic heterocycles. The van der Waals surface area contributed by atoms with Crippen LogP contribution in [0.15, 0.2) is 12.3 Å². The van der Waals surface area contributed by atoms with E-state index in [-0.39, 0.29) is 36.7 Å². The van der Waals surface area contributed by atoms with Gasteiger partial charge in [-0.15, -0.1) is 12.4 Å². The minimum absolute atomic E-state index is 0. The summed E-state index contributed by atoms with van der Waals surface area (Å²) in [5.74, 6) is -0.534. The maximum Gasteiger partial charge on any atom is 0.239 e. The lowest BCUT2D eigenvalue weighted by molar-refractivity contribution is -0.127.